The zero-order chi connectivity index (χ0) is 19.9. The standard InChI is InChI=1S/C22H36N4O2/c1-2-23-22(24-15-9-17-28-20-12-7-4-8-13-20)25-16-14-21(27)26-18-19-10-5-3-6-11-19/h3,5-6,10-11,20H,2,4,7-9,12-18H2,1H3,(H,26,27)(H2,23,24,25). The van der Waals surface area contributed by atoms with Crippen molar-refractivity contribution in [1.82, 2.24) is 16.0 Å². The quantitative estimate of drug-likeness (QED) is 0.309. The molecule has 1 amide bonds. The molecule has 0 aliphatic heterocycles. The molecule has 6 heteroatoms. The van der Waals surface area contributed by atoms with Gasteiger partial charge in [-0.25, -0.2) is 0 Å². The highest BCUT2D eigenvalue weighted by Crippen LogP contribution is 2.20. The Hall–Kier alpha value is -2.08. The normalized spacial score (nSPS) is 15.2. The first-order valence-corrected chi connectivity index (χ1v) is 10.7. The fourth-order valence-corrected chi connectivity index (χ4v) is 3.26. The van der Waals surface area contributed by atoms with Gasteiger partial charge in [0.25, 0.3) is 0 Å². The Morgan fingerprint density at radius 3 is 2.64 bits per heavy atom. The topological polar surface area (TPSA) is 74.8 Å². The summed E-state index contributed by atoms with van der Waals surface area (Å²) in [5, 5.41) is 9.39. The van der Waals surface area contributed by atoms with E-state index in [9.17, 15) is 4.79 Å². The molecule has 1 aliphatic rings. The number of carbonyl (C=O) groups excluding carboxylic acids is 1. The van der Waals surface area contributed by atoms with Crippen LogP contribution in [-0.2, 0) is 16.1 Å². The molecule has 0 heterocycles. The van der Waals surface area contributed by atoms with Crippen LogP contribution in [0.4, 0.5) is 0 Å². The largest absolute Gasteiger partial charge is 0.378 e. The highest BCUT2D eigenvalue weighted by Gasteiger charge is 2.12. The van der Waals surface area contributed by atoms with Gasteiger partial charge in [-0.2, -0.15) is 0 Å². The van der Waals surface area contributed by atoms with Gasteiger partial charge in [0.2, 0.25) is 5.91 Å². The number of hydrogen-bond acceptors (Lipinski definition) is 3. The monoisotopic (exact) mass is 388 g/mol. The molecule has 156 valence electrons. The van der Waals surface area contributed by atoms with Crippen LogP contribution in [0, 0.1) is 0 Å². The summed E-state index contributed by atoms with van der Waals surface area (Å²) >= 11 is 0. The molecule has 3 N–H and O–H groups in total. The van der Waals surface area contributed by atoms with Crippen molar-refractivity contribution in [3.05, 3.63) is 35.9 Å². The molecule has 0 atom stereocenters. The molecule has 0 aromatic heterocycles. The SMILES string of the molecule is CCNC(=NCCCOC1CCCCC1)NCCC(=O)NCc1ccccc1. The van der Waals surface area contributed by atoms with E-state index in [0.717, 1.165) is 37.6 Å². The molecule has 2 rings (SSSR count). The number of amides is 1. The van der Waals surface area contributed by atoms with Crippen molar-refractivity contribution in [2.24, 2.45) is 4.99 Å². The van der Waals surface area contributed by atoms with Crippen molar-refractivity contribution in [2.75, 3.05) is 26.2 Å². The van der Waals surface area contributed by atoms with Crippen LogP contribution in [0.2, 0.25) is 0 Å². The first-order valence-electron chi connectivity index (χ1n) is 10.7. The molecular formula is C22H36N4O2. The van der Waals surface area contributed by atoms with Gasteiger partial charge in [-0.1, -0.05) is 49.6 Å². The predicted molar refractivity (Wildman–Crippen MR) is 114 cm³/mol. The number of rotatable bonds is 11. The Morgan fingerprint density at radius 2 is 1.89 bits per heavy atom. The van der Waals surface area contributed by atoms with Crippen molar-refractivity contribution in [1.29, 1.82) is 0 Å². The van der Waals surface area contributed by atoms with Gasteiger partial charge in [-0.05, 0) is 31.7 Å². The van der Waals surface area contributed by atoms with Gasteiger partial charge < -0.3 is 20.7 Å². The third-order valence-corrected chi connectivity index (χ3v) is 4.80. The Morgan fingerprint density at radius 1 is 1.11 bits per heavy atom. The van der Waals surface area contributed by atoms with E-state index in [2.05, 4.69) is 20.9 Å². The van der Waals surface area contributed by atoms with Crippen LogP contribution < -0.4 is 16.0 Å². The highest BCUT2D eigenvalue weighted by molar-refractivity contribution is 5.81. The molecule has 0 unspecified atom stereocenters. The van der Waals surface area contributed by atoms with Crippen LogP contribution in [0.5, 0.6) is 0 Å². The van der Waals surface area contributed by atoms with E-state index in [1.807, 2.05) is 37.3 Å². The number of ether oxygens (including phenoxy) is 1. The van der Waals surface area contributed by atoms with E-state index < -0.39 is 0 Å². The molecule has 1 fully saturated rings. The van der Waals surface area contributed by atoms with E-state index in [-0.39, 0.29) is 5.91 Å². The predicted octanol–water partition coefficient (Wildman–Crippen LogP) is 2.99. The van der Waals surface area contributed by atoms with Gasteiger partial charge in [-0.15, -0.1) is 0 Å². The Labute approximate surface area is 169 Å². The van der Waals surface area contributed by atoms with E-state index >= 15 is 0 Å². The van der Waals surface area contributed by atoms with Gasteiger partial charge in [0.1, 0.15) is 0 Å². The minimum Gasteiger partial charge on any atom is -0.378 e. The minimum absolute atomic E-state index is 0.0353. The fraction of sp³-hybridized carbons (Fsp3) is 0.636. The molecule has 0 bridgehead atoms. The number of carbonyl (C=O) groups is 1. The summed E-state index contributed by atoms with van der Waals surface area (Å²) < 4.78 is 5.94. The van der Waals surface area contributed by atoms with E-state index in [0.29, 0.717) is 25.6 Å². The zero-order valence-corrected chi connectivity index (χ0v) is 17.2. The zero-order valence-electron chi connectivity index (χ0n) is 17.2. The number of benzene rings is 1. The highest BCUT2D eigenvalue weighted by atomic mass is 16.5. The second-order valence-electron chi connectivity index (χ2n) is 7.18. The van der Waals surface area contributed by atoms with E-state index in [1.54, 1.807) is 0 Å². The Balaban J connectivity index is 1.57. The molecular weight excluding hydrogens is 352 g/mol. The molecule has 0 spiro atoms. The van der Waals surface area contributed by atoms with Gasteiger partial charge >= 0.3 is 0 Å². The van der Waals surface area contributed by atoms with Crippen molar-refractivity contribution in [3.8, 4) is 0 Å². The molecule has 1 saturated carbocycles. The lowest BCUT2D eigenvalue weighted by Gasteiger charge is -2.21. The molecule has 1 aliphatic carbocycles. The summed E-state index contributed by atoms with van der Waals surface area (Å²) in [7, 11) is 0. The third-order valence-electron chi connectivity index (χ3n) is 4.80. The summed E-state index contributed by atoms with van der Waals surface area (Å²) in [6.45, 7) is 5.46. The fourth-order valence-electron chi connectivity index (χ4n) is 3.26. The maximum Gasteiger partial charge on any atom is 0.222 e. The maximum atomic E-state index is 12.0. The van der Waals surface area contributed by atoms with Gasteiger partial charge in [0.15, 0.2) is 5.96 Å². The van der Waals surface area contributed by atoms with Crippen LogP contribution in [0.1, 0.15) is 57.4 Å². The van der Waals surface area contributed by atoms with Gasteiger partial charge in [-0.3, -0.25) is 9.79 Å². The summed E-state index contributed by atoms with van der Waals surface area (Å²) in [5.41, 5.74) is 1.11. The van der Waals surface area contributed by atoms with E-state index in [1.165, 1.54) is 32.1 Å². The summed E-state index contributed by atoms with van der Waals surface area (Å²) in [6.07, 6.45) is 8.17. The number of hydrogen-bond donors (Lipinski definition) is 3. The molecule has 0 radical (unpaired) electrons. The Bertz CT molecular complexity index is 571. The van der Waals surface area contributed by atoms with Crippen LogP contribution in [0.15, 0.2) is 35.3 Å². The molecule has 1 aromatic rings. The average Bonchev–Trinajstić information content (AvgIpc) is 2.73. The molecule has 28 heavy (non-hydrogen) atoms. The summed E-state index contributed by atoms with van der Waals surface area (Å²) in [4.78, 5) is 16.5. The number of nitrogens with zero attached hydrogens (tertiary/aromatic N) is 1. The number of guanidine groups is 1. The van der Waals surface area contributed by atoms with Crippen molar-refractivity contribution in [3.63, 3.8) is 0 Å². The van der Waals surface area contributed by atoms with Crippen LogP contribution in [-0.4, -0.2) is 44.2 Å². The van der Waals surface area contributed by atoms with Crippen molar-refractivity contribution < 1.29 is 9.53 Å². The third kappa shape index (κ3) is 9.74. The second kappa shape index (κ2) is 14.0. The van der Waals surface area contributed by atoms with Crippen LogP contribution in [0.25, 0.3) is 0 Å². The maximum absolute atomic E-state index is 12.0. The van der Waals surface area contributed by atoms with E-state index in [4.69, 9.17) is 4.74 Å². The summed E-state index contributed by atoms with van der Waals surface area (Å²) in [6, 6.07) is 9.93. The lowest BCUT2D eigenvalue weighted by atomic mass is 9.98. The second-order valence-corrected chi connectivity index (χ2v) is 7.18. The van der Waals surface area contributed by atoms with Crippen LogP contribution in [0.3, 0.4) is 0 Å². The van der Waals surface area contributed by atoms with Crippen LogP contribution >= 0.6 is 0 Å². The molecule has 0 saturated heterocycles. The summed E-state index contributed by atoms with van der Waals surface area (Å²) in [5.74, 6) is 0.795. The first-order chi connectivity index (χ1) is 13.8. The molecule has 6 nitrogen and oxygen atoms in total. The van der Waals surface area contributed by atoms with Gasteiger partial charge in [0, 0.05) is 39.2 Å². The number of aliphatic imine (C=N–C) groups is 1. The first kappa shape index (κ1) is 22.2. The smallest absolute Gasteiger partial charge is 0.222 e. The van der Waals surface area contributed by atoms with Gasteiger partial charge in [0.05, 0.1) is 6.10 Å². The molecule has 1 aromatic carbocycles. The van der Waals surface area contributed by atoms with Crippen molar-refractivity contribution in [2.45, 2.75) is 64.5 Å². The lowest BCUT2D eigenvalue weighted by Crippen LogP contribution is -2.39. The van der Waals surface area contributed by atoms with Crippen molar-refractivity contribution >= 4 is 11.9 Å². The minimum atomic E-state index is 0.0353. The lowest BCUT2D eigenvalue weighted by molar-refractivity contribution is -0.121. The number of nitrogens with one attached hydrogen (secondary N) is 3. The Kier molecular flexibility index (Phi) is 11.1. The average molecular weight is 389 g/mol.